The van der Waals surface area contributed by atoms with Crippen molar-refractivity contribution in [2.24, 2.45) is 5.41 Å². The second-order valence-corrected chi connectivity index (χ2v) is 6.11. The van der Waals surface area contributed by atoms with E-state index < -0.39 is 5.91 Å². The Morgan fingerprint density at radius 2 is 2.17 bits per heavy atom. The van der Waals surface area contributed by atoms with Crippen LogP contribution in [0.2, 0.25) is 0 Å². The van der Waals surface area contributed by atoms with Gasteiger partial charge in [0.2, 0.25) is 0 Å². The maximum absolute atomic E-state index is 11.7. The Morgan fingerprint density at radius 1 is 1.50 bits per heavy atom. The zero-order chi connectivity index (χ0) is 13.8. The molecule has 1 unspecified atom stereocenters. The zero-order valence-electron chi connectivity index (χ0n) is 10.9. The lowest BCUT2D eigenvalue weighted by atomic mass is 9.90. The van der Waals surface area contributed by atoms with E-state index in [1.54, 1.807) is 0 Å². The summed E-state index contributed by atoms with van der Waals surface area (Å²) in [5, 5.41) is 2.53. The molecule has 18 heavy (non-hydrogen) atoms. The molecule has 1 atom stereocenters. The number of amides is 1. The molecule has 0 aliphatic rings. The predicted octanol–water partition coefficient (Wildman–Crippen LogP) is 2.15. The topological polar surface area (TPSA) is 62.0 Å². The fourth-order valence-corrected chi connectivity index (χ4v) is 2.17. The van der Waals surface area contributed by atoms with Crippen molar-refractivity contribution in [3.8, 4) is 0 Å². The van der Waals surface area contributed by atoms with Crippen LogP contribution in [0.1, 0.15) is 37.6 Å². The highest BCUT2D eigenvalue weighted by atomic mass is 35.5. The molecule has 1 aromatic heterocycles. The van der Waals surface area contributed by atoms with Gasteiger partial charge < -0.3 is 10.3 Å². The van der Waals surface area contributed by atoms with Crippen LogP contribution in [0.4, 0.5) is 0 Å². The van der Waals surface area contributed by atoms with Gasteiger partial charge in [0.1, 0.15) is 5.56 Å². The molecule has 0 spiro atoms. The van der Waals surface area contributed by atoms with Crippen LogP contribution in [-0.4, -0.2) is 22.8 Å². The van der Waals surface area contributed by atoms with Crippen LogP contribution in [-0.2, 0) is 0 Å². The van der Waals surface area contributed by atoms with Gasteiger partial charge in [-0.2, -0.15) is 0 Å². The van der Waals surface area contributed by atoms with E-state index in [2.05, 4.69) is 31.1 Å². The Labute approximate surface area is 112 Å². The standard InChI is InChI=1S/C13H19ClN2O2/c1-13(2,3)6-9(14)7-16-12(18)10-8-15-5-4-11(10)17/h4-5,8-9H,6-7H2,1-3H3,(H,15,17)(H,16,18). The monoisotopic (exact) mass is 270 g/mol. The lowest BCUT2D eigenvalue weighted by Crippen LogP contribution is -2.34. The predicted molar refractivity (Wildman–Crippen MR) is 73.1 cm³/mol. The average Bonchev–Trinajstić information content (AvgIpc) is 2.24. The molecule has 0 bridgehead atoms. The number of H-pyrrole nitrogens is 1. The number of carbonyl (C=O) groups excluding carboxylic acids is 1. The molecular formula is C13H19ClN2O2. The first-order valence-electron chi connectivity index (χ1n) is 5.89. The summed E-state index contributed by atoms with van der Waals surface area (Å²) in [4.78, 5) is 25.9. The van der Waals surface area contributed by atoms with E-state index in [1.165, 1.54) is 18.5 Å². The van der Waals surface area contributed by atoms with Gasteiger partial charge >= 0.3 is 0 Å². The van der Waals surface area contributed by atoms with Crippen LogP contribution in [0.5, 0.6) is 0 Å². The Bertz CT molecular complexity index is 463. The molecule has 100 valence electrons. The quantitative estimate of drug-likeness (QED) is 0.824. The van der Waals surface area contributed by atoms with Crippen LogP contribution >= 0.6 is 11.6 Å². The molecule has 1 heterocycles. The summed E-state index contributed by atoms with van der Waals surface area (Å²) in [6, 6.07) is 1.32. The zero-order valence-corrected chi connectivity index (χ0v) is 11.7. The number of rotatable bonds is 4. The minimum absolute atomic E-state index is 0.108. The van der Waals surface area contributed by atoms with Crippen molar-refractivity contribution in [2.75, 3.05) is 6.54 Å². The lowest BCUT2D eigenvalue weighted by molar-refractivity contribution is 0.0950. The molecule has 0 radical (unpaired) electrons. The second-order valence-electron chi connectivity index (χ2n) is 5.49. The SMILES string of the molecule is CC(C)(C)CC(Cl)CNC(=O)c1c[nH]ccc1=O. The van der Waals surface area contributed by atoms with Crippen LogP contribution < -0.4 is 10.7 Å². The first-order chi connectivity index (χ1) is 8.29. The van der Waals surface area contributed by atoms with E-state index in [9.17, 15) is 9.59 Å². The minimum Gasteiger partial charge on any atom is -0.367 e. The van der Waals surface area contributed by atoms with Crippen molar-refractivity contribution < 1.29 is 4.79 Å². The minimum atomic E-state index is -0.392. The maximum Gasteiger partial charge on any atom is 0.256 e. The number of hydrogen-bond donors (Lipinski definition) is 2. The van der Waals surface area contributed by atoms with Gasteiger partial charge in [0, 0.05) is 25.0 Å². The molecule has 1 aromatic rings. The molecule has 4 nitrogen and oxygen atoms in total. The lowest BCUT2D eigenvalue weighted by Gasteiger charge is -2.21. The van der Waals surface area contributed by atoms with E-state index in [0.717, 1.165) is 6.42 Å². The molecule has 1 rings (SSSR count). The van der Waals surface area contributed by atoms with Crippen LogP contribution in [0, 0.1) is 5.41 Å². The Balaban J connectivity index is 2.52. The first-order valence-corrected chi connectivity index (χ1v) is 6.32. The van der Waals surface area contributed by atoms with E-state index in [4.69, 9.17) is 11.6 Å². The third kappa shape index (κ3) is 4.92. The highest BCUT2D eigenvalue weighted by Gasteiger charge is 2.18. The fourth-order valence-electron chi connectivity index (χ4n) is 1.63. The average molecular weight is 271 g/mol. The van der Waals surface area contributed by atoms with Crippen LogP contribution in [0.25, 0.3) is 0 Å². The number of carbonyl (C=O) groups is 1. The summed E-state index contributed by atoms with van der Waals surface area (Å²) in [5.74, 6) is -0.392. The number of alkyl halides is 1. The Kier molecular flexibility index (Phi) is 4.96. The van der Waals surface area contributed by atoms with Gasteiger partial charge in [-0.25, -0.2) is 0 Å². The maximum atomic E-state index is 11.7. The molecular weight excluding hydrogens is 252 g/mol. The molecule has 0 saturated heterocycles. The van der Waals surface area contributed by atoms with Gasteiger partial charge in [-0.3, -0.25) is 9.59 Å². The molecule has 2 N–H and O–H groups in total. The normalized spacial score (nSPS) is 13.1. The molecule has 0 aromatic carbocycles. The number of aromatic amines is 1. The van der Waals surface area contributed by atoms with Gasteiger partial charge in [-0.1, -0.05) is 20.8 Å². The molecule has 1 amide bonds. The van der Waals surface area contributed by atoms with Crippen LogP contribution in [0.3, 0.4) is 0 Å². The van der Waals surface area contributed by atoms with Crippen molar-refractivity contribution in [1.29, 1.82) is 0 Å². The summed E-state index contributed by atoms with van der Waals surface area (Å²) in [7, 11) is 0. The molecule has 0 fully saturated rings. The summed E-state index contributed by atoms with van der Waals surface area (Å²) in [5.41, 5.74) is -0.0771. The van der Waals surface area contributed by atoms with Gasteiger partial charge in [0.15, 0.2) is 5.43 Å². The van der Waals surface area contributed by atoms with E-state index >= 15 is 0 Å². The number of pyridine rings is 1. The fraction of sp³-hybridized carbons (Fsp3) is 0.538. The van der Waals surface area contributed by atoms with Gasteiger partial charge in [-0.05, 0) is 11.8 Å². The third-order valence-electron chi connectivity index (χ3n) is 2.39. The smallest absolute Gasteiger partial charge is 0.256 e. The van der Waals surface area contributed by atoms with Crippen molar-refractivity contribution in [3.05, 3.63) is 34.2 Å². The summed E-state index contributed by atoms with van der Waals surface area (Å²) < 4.78 is 0. The molecule has 5 heteroatoms. The van der Waals surface area contributed by atoms with E-state index in [0.29, 0.717) is 6.54 Å². The van der Waals surface area contributed by atoms with Gasteiger partial charge in [-0.15, -0.1) is 11.6 Å². The van der Waals surface area contributed by atoms with Gasteiger partial charge in [0.25, 0.3) is 5.91 Å². The van der Waals surface area contributed by atoms with Crippen molar-refractivity contribution >= 4 is 17.5 Å². The Morgan fingerprint density at radius 3 is 2.72 bits per heavy atom. The second kappa shape index (κ2) is 6.05. The van der Waals surface area contributed by atoms with Crippen LogP contribution in [0.15, 0.2) is 23.3 Å². The summed E-state index contributed by atoms with van der Waals surface area (Å²) in [6.45, 7) is 6.62. The Hall–Kier alpha value is -1.29. The highest BCUT2D eigenvalue weighted by Crippen LogP contribution is 2.23. The van der Waals surface area contributed by atoms with E-state index in [1.807, 2.05) is 0 Å². The number of aromatic nitrogens is 1. The number of halogens is 1. The van der Waals surface area contributed by atoms with Gasteiger partial charge in [0.05, 0.1) is 5.38 Å². The first kappa shape index (κ1) is 14.8. The number of nitrogens with one attached hydrogen (secondary N) is 2. The summed E-state index contributed by atoms with van der Waals surface area (Å²) in [6.07, 6.45) is 3.67. The van der Waals surface area contributed by atoms with Crippen molar-refractivity contribution in [2.45, 2.75) is 32.6 Å². The van der Waals surface area contributed by atoms with E-state index in [-0.39, 0.29) is 21.8 Å². The largest absolute Gasteiger partial charge is 0.367 e. The van der Waals surface area contributed by atoms with Crippen molar-refractivity contribution in [3.63, 3.8) is 0 Å². The highest BCUT2D eigenvalue weighted by molar-refractivity contribution is 6.21. The summed E-state index contributed by atoms with van der Waals surface area (Å²) >= 11 is 6.14. The molecule has 0 aliphatic heterocycles. The molecule has 0 saturated carbocycles. The van der Waals surface area contributed by atoms with Crippen molar-refractivity contribution in [1.82, 2.24) is 10.3 Å². The molecule has 0 aliphatic carbocycles. The third-order valence-corrected chi connectivity index (χ3v) is 2.70. The number of hydrogen-bond acceptors (Lipinski definition) is 2.